The van der Waals surface area contributed by atoms with Crippen molar-refractivity contribution < 1.29 is 18.7 Å². The molecule has 24 heavy (non-hydrogen) atoms. The van der Waals surface area contributed by atoms with Gasteiger partial charge in [0, 0.05) is 25.4 Å². The first-order chi connectivity index (χ1) is 11.7. The van der Waals surface area contributed by atoms with Crippen molar-refractivity contribution in [2.75, 3.05) is 6.54 Å². The predicted molar refractivity (Wildman–Crippen MR) is 87.5 cm³/mol. The van der Waals surface area contributed by atoms with E-state index in [4.69, 9.17) is 8.83 Å². The first kappa shape index (κ1) is 16.8. The Kier molecular flexibility index (Phi) is 5.35. The normalized spacial score (nSPS) is 19.9. The third-order valence-corrected chi connectivity index (χ3v) is 4.67. The van der Waals surface area contributed by atoms with Gasteiger partial charge in [-0.1, -0.05) is 19.8 Å². The van der Waals surface area contributed by atoms with Crippen molar-refractivity contribution in [2.24, 2.45) is 0 Å². The molecular formula is C18H24N2O4. The van der Waals surface area contributed by atoms with Crippen LogP contribution in [-0.4, -0.2) is 33.5 Å². The van der Waals surface area contributed by atoms with E-state index >= 15 is 0 Å². The Bertz CT molecular complexity index is 650. The molecule has 1 N–H and O–H groups in total. The number of aromatic nitrogens is 1. The minimum atomic E-state index is -0.707. The lowest BCUT2D eigenvalue weighted by molar-refractivity contribution is 0.0551. The lowest BCUT2D eigenvalue weighted by Crippen LogP contribution is -2.41. The van der Waals surface area contributed by atoms with Gasteiger partial charge in [-0.3, -0.25) is 4.79 Å². The molecule has 1 fully saturated rings. The van der Waals surface area contributed by atoms with E-state index in [9.17, 15) is 9.90 Å². The molecule has 0 aliphatic carbocycles. The van der Waals surface area contributed by atoms with Crippen LogP contribution in [0, 0.1) is 0 Å². The summed E-state index contributed by atoms with van der Waals surface area (Å²) in [5.41, 5.74) is 0.400. The van der Waals surface area contributed by atoms with Gasteiger partial charge in [0.2, 0.25) is 0 Å². The fourth-order valence-electron chi connectivity index (χ4n) is 3.38. The maximum Gasteiger partial charge on any atom is 0.276 e. The van der Waals surface area contributed by atoms with Crippen LogP contribution >= 0.6 is 0 Å². The van der Waals surface area contributed by atoms with E-state index in [1.165, 1.54) is 6.39 Å². The van der Waals surface area contributed by atoms with Crippen LogP contribution in [0.4, 0.5) is 0 Å². The minimum Gasteiger partial charge on any atom is -0.467 e. The number of carbonyl (C=O) groups excluding carboxylic acids is 1. The van der Waals surface area contributed by atoms with Crippen LogP contribution in [0.1, 0.15) is 67.1 Å². The average Bonchev–Trinajstić information content (AvgIpc) is 3.23. The largest absolute Gasteiger partial charge is 0.467 e. The topological polar surface area (TPSA) is 79.7 Å². The number of hydrogen-bond acceptors (Lipinski definition) is 5. The molecule has 6 nitrogen and oxygen atoms in total. The lowest BCUT2D eigenvalue weighted by Gasteiger charge is -2.30. The second kappa shape index (κ2) is 7.66. The number of furan rings is 1. The van der Waals surface area contributed by atoms with Gasteiger partial charge < -0.3 is 18.8 Å². The van der Waals surface area contributed by atoms with E-state index in [0.717, 1.165) is 25.7 Å². The molecule has 0 radical (unpaired) electrons. The Morgan fingerprint density at radius 1 is 1.42 bits per heavy atom. The summed E-state index contributed by atoms with van der Waals surface area (Å²) in [5.74, 6) is 1.07. The molecule has 0 unspecified atom stereocenters. The summed E-state index contributed by atoms with van der Waals surface area (Å²) in [5, 5.41) is 10.4. The van der Waals surface area contributed by atoms with Crippen LogP contribution in [0.25, 0.3) is 0 Å². The van der Waals surface area contributed by atoms with Gasteiger partial charge in [0.1, 0.15) is 17.6 Å². The van der Waals surface area contributed by atoms with Gasteiger partial charge in [0.25, 0.3) is 5.91 Å². The standard InChI is InChI=1S/C18H24N2O4/c1-2-15-17(19-12-24-15)18(22)20-9-5-3-4-7-13(20)11-14(21)16-8-6-10-23-16/h6,8,10,12-14,21H,2-5,7,9,11H2,1H3/t13-,14+/m1/s1. The molecule has 0 bridgehead atoms. The molecule has 0 spiro atoms. The molecule has 130 valence electrons. The molecule has 3 heterocycles. The highest BCUT2D eigenvalue weighted by molar-refractivity contribution is 5.93. The van der Waals surface area contributed by atoms with E-state index in [0.29, 0.717) is 36.6 Å². The smallest absolute Gasteiger partial charge is 0.276 e. The first-order valence-corrected chi connectivity index (χ1v) is 8.65. The zero-order valence-electron chi connectivity index (χ0n) is 14.0. The highest BCUT2D eigenvalue weighted by Crippen LogP contribution is 2.28. The molecule has 3 rings (SSSR count). The third-order valence-electron chi connectivity index (χ3n) is 4.67. The van der Waals surface area contributed by atoms with Crippen LogP contribution in [0.15, 0.2) is 33.6 Å². The minimum absolute atomic E-state index is 0.0264. The molecule has 6 heteroatoms. The van der Waals surface area contributed by atoms with Crippen molar-refractivity contribution in [1.82, 2.24) is 9.88 Å². The van der Waals surface area contributed by atoms with Crippen LogP contribution in [0.3, 0.4) is 0 Å². The summed E-state index contributed by atoms with van der Waals surface area (Å²) in [6.07, 6.45) is 7.28. The van der Waals surface area contributed by atoms with E-state index in [1.807, 2.05) is 11.8 Å². The van der Waals surface area contributed by atoms with E-state index < -0.39 is 6.10 Å². The number of aliphatic hydroxyl groups excluding tert-OH is 1. The van der Waals surface area contributed by atoms with Gasteiger partial charge in [-0.05, 0) is 25.0 Å². The predicted octanol–water partition coefficient (Wildman–Crippen LogP) is 3.34. The maximum atomic E-state index is 13.0. The number of oxazole rings is 1. The van der Waals surface area contributed by atoms with Gasteiger partial charge in [-0.25, -0.2) is 4.98 Å². The van der Waals surface area contributed by atoms with E-state index in [1.54, 1.807) is 18.4 Å². The monoisotopic (exact) mass is 332 g/mol. The number of hydrogen-bond donors (Lipinski definition) is 1. The molecular weight excluding hydrogens is 308 g/mol. The van der Waals surface area contributed by atoms with Gasteiger partial charge in [0.05, 0.1) is 6.26 Å². The molecule has 2 atom stereocenters. The highest BCUT2D eigenvalue weighted by atomic mass is 16.4. The zero-order valence-corrected chi connectivity index (χ0v) is 14.0. The summed E-state index contributed by atoms with van der Waals surface area (Å²) in [6, 6.07) is 3.50. The van der Waals surface area contributed by atoms with Crippen LogP contribution in [-0.2, 0) is 6.42 Å². The second-order valence-corrected chi connectivity index (χ2v) is 6.25. The van der Waals surface area contributed by atoms with E-state index in [-0.39, 0.29) is 11.9 Å². The van der Waals surface area contributed by atoms with Crippen molar-refractivity contribution in [3.63, 3.8) is 0 Å². The molecule has 1 aliphatic heterocycles. The van der Waals surface area contributed by atoms with Crippen molar-refractivity contribution in [3.8, 4) is 0 Å². The molecule has 1 saturated heterocycles. The summed E-state index contributed by atoms with van der Waals surface area (Å²) < 4.78 is 10.6. The van der Waals surface area contributed by atoms with Gasteiger partial charge in [-0.15, -0.1) is 0 Å². The van der Waals surface area contributed by atoms with Gasteiger partial charge >= 0.3 is 0 Å². The van der Waals surface area contributed by atoms with E-state index in [2.05, 4.69) is 4.98 Å². The Balaban J connectivity index is 1.78. The quantitative estimate of drug-likeness (QED) is 0.908. The average molecular weight is 332 g/mol. The maximum absolute atomic E-state index is 13.0. The Hall–Kier alpha value is -2.08. The fraction of sp³-hybridized carbons (Fsp3) is 0.556. The number of nitrogens with zero attached hydrogens (tertiary/aromatic N) is 2. The Morgan fingerprint density at radius 2 is 2.29 bits per heavy atom. The van der Waals surface area contributed by atoms with Crippen molar-refractivity contribution in [1.29, 1.82) is 0 Å². The number of carbonyl (C=O) groups is 1. The highest BCUT2D eigenvalue weighted by Gasteiger charge is 2.31. The molecule has 0 aromatic carbocycles. The number of rotatable bonds is 5. The molecule has 2 aromatic heterocycles. The lowest BCUT2D eigenvalue weighted by atomic mass is 10.0. The van der Waals surface area contributed by atoms with Crippen molar-refractivity contribution in [2.45, 2.75) is 57.6 Å². The third kappa shape index (κ3) is 3.53. The number of likely N-dealkylation sites (tertiary alicyclic amines) is 1. The molecule has 2 aromatic rings. The summed E-state index contributed by atoms with van der Waals surface area (Å²) in [4.78, 5) is 18.9. The first-order valence-electron chi connectivity index (χ1n) is 8.65. The SMILES string of the molecule is CCc1ocnc1C(=O)N1CCCCC[C@@H]1C[C@H](O)c1ccco1. The summed E-state index contributed by atoms with van der Waals surface area (Å²) >= 11 is 0. The van der Waals surface area contributed by atoms with Crippen LogP contribution < -0.4 is 0 Å². The fourth-order valence-corrected chi connectivity index (χ4v) is 3.38. The molecule has 1 aliphatic rings. The zero-order chi connectivity index (χ0) is 16.9. The van der Waals surface area contributed by atoms with Gasteiger partial charge in [-0.2, -0.15) is 0 Å². The van der Waals surface area contributed by atoms with Crippen LogP contribution in [0.2, 0.25) is 0 Å². The molecule has 1 amide bonds. The Labute approximate surface area is 141 Å². The summed E-state index contributed by atoms with van der Waals surface area (Å²) in [6.45, 7) is 2.63. The van der Waals surface area contributed by atoms with Crippen molar-refractivity contribution in [3.05, 3.63) is 42.0 Å². The number of amides is 1. The Morgan fingerprint density at radius 3 is 3.04 bits per heavy atom. The van der Waals surface area contributed by atoms with Crippen molar-refractivity contribution >= 4 is 5.91 Å². The molecule has 0 saturated carbocycles. The summed E-state index contributed by atoms with van der Waals surface area (Å²) in [7, 11) is 0. The van der Waals surface area contributed by atoms with Gasteiger partial charge in [0.15, 0.2) is 12.1 Å². The number of aliphatic hydroxyl groups is 1. The number of aryl methyl sites for hydroxylation is 1. The van der Waals surface area contributed by atoms with Crippen LogP contribution in [0.5, 0.6) is 0 Å². The second-order valence-electron chi connectivity index (χ2n) is 6.25.